The van der Waals surface area contributed by atoms with Gasteiger partial charge in [0.05, 0.1) is 24.0 Å². The van der Waals surface area contributed by atoms with Gasteiger partial charge in [-0.05, 0) is 37.3 Å². The third-order valence-electron chi connectivity index (χ3n) is 4.08. The topological polar surface area (TPSA) is 67.0 Å². The first kappa shape index (κ1) is 14.8. The third kappa shape index (κ3) is 3.36. The van der Waals surface area contributed by atoms with Gasteiger partial charge in [0, 0.05) is 0 Å². The number of rotatable bonds is 5. The standard InChI is InChI=1S/C17H21N3O2/c1-12(13-6-3-2-4-7-13)19-16(21)11-22-15-9-5-8-14-10-18-20-17(14)15/h2-4,6-7,10,12,15H,5,8-9,11H2,1H3,(H,18,20)(H,19,21). The fraction of sp³-hybridized carbons (Fsp3) is 0.412. The molecule has 0 saturated carbocycles. The maximum absolute atomic E-state index is 12.1. The molecule has 2 N–H and O–H groups in total. The van der Waals surface area contributed by atoms with E-state index >= 15 is 0 Å². The summed E-state index contributed by atoms with van der Waals surface area (Å²) in [5.41, 5.74) is 3.31. The van der Waals surface area contributed by atoms with Gasteiger partial charge in [-0.3, -0.25) is 9.89 Å². The van der Waals surface area contributed by atoms with Crippen molar-refractivity contribution in [3.8, 4) is 0 Å². The van der Waals surface area contributed by atoms with E-state index in [-0.39, 0.29) is 24.7 Å². The van der Waals surface area contributed by atoms with Crippen LogP contribution in [0.15, 0.2) is 36.5 Å². The lowest BCUT2D eigenvalue weighted by molar-refractivity contribution is -0.128. The molecule has 0 radical (unpaired) electrons. The van der Waals surface area contributed by atoms with Crippen LogP contribution >= 0.6 is 0 Å². The number of aromatic nitrogens is 2. The van der Waals surface area contributed by atoms with Crippen LogP contribution in [-0.2, 0) is 16.0 Å². The van der Waals surface area contributed by atoms with Gasteiger partial charge in [-0.15, -0.1) is 0 Å². The molecule has 1 heterocycles. The maximum Gasteiger partial charge on any atom is 0.246 e. The largest absolute Gasteiger partial charge is 0.362 e. The highest BCUT2D eigenvalue weighted by Crippen LogP contribution is 2.30. The van der Waals surface area contributed by atoms with Crippen molar-refractivity contribution < 1.29 is 9.53 Å². The van der Waals surface area contributed by atoms with Crippen LogP contribution in [0.3, 0.4) is 0 Å². The molecule has 1 aliphatic rings. The molecular weight excluding hydrogens is 278 g/mol. The van der Waals surface area contributed by atoms with Crippen LogP contribution < -0.4 is 5.32 Å². The predicted molar refractivity (Wildman–Crippen MR) is 83.2 cm³/mol. The molecule has 1 amide bonds. The summed E-state index contributed by atoms with van der Waals surface area (Å²) in [7, 11) is 0. The predicted octanol–water partition coefficient (Wildman–Crippen LogP) is 2.68. The molecule has 116 valence electrons. The minimum absolute atomic E-state index is 0.0219. The molecule has 1 aromatic heterocycles. The van der Waals surface area contributed by atoms with Crippen molar-refractivity contribution >= 4 is 5.91 Å². The van der Waals surface area contributed by atoms with Crippen LogP contribution in [0.25, 0.3) is 0 Å². The zero-order chi connectivity index (χ0) is 15.4. The number of hydrogen-bond donors (Lipinski definition) is 2. The van der Waals surface area contributed by atoms with Gasteiger partial charge in [0.15, 0.2) is 0 Å². The Kier molecular flexibility index (Phi) is 4.53. The normalized spacial score (nSPS) is 18.5. The number of nitrogens with one attached hydrogen (secondary N) is 2. The molecule has 0 spiro atoms. The number of benzene rings is 1. The Morgan fingerprint density at radius 3 is 3.09 bits per heavy atom. The maximum atomic E-state index is 12.1. The lowest BCUT2D eigenvalue weighted by atomic mass is 9.96. The van der Waals surface area contributed by atoms with Crippen molar-refractivity contribution in [1.29, 1.82) is 0 Å². The van der Waals surface area contributed by atoms with Gasteiger partial charge in [-0.25, -0.2) is 0 Å². The molecule has 0 saturated heterocycles. The number of ether oxygens (including phenoxy) is 1. The van der Waals surface area contributed by atoms with E-state index in [9.17, 15) is 4.79 Å². The van der Waals surface area contributed by atoms with Crippen molar-refractivity contribution in [2.75, 3.05) is 6.61 Å². The molecule has 0 fully saturated rings. The average molecular weight is 299 g/mol. The van der Waals surface area contributed by atoms with E-state index in [1.165, 1.54) is 5.56 Å². The monoisotopic (exact) mass is 299 g/mol. The quantitative estimate of drug-likeness (QED) is 0.892. The number of aromatic amines is 1. The number of hydrogen-bond acceptors (Lipinski definition) is 3. The molecule has 0 aliphatic heterocycles. The number of aryl methyl sites for hydroxylation is 1. The van der Waals surface area contributed by atoms with Gasteiger partial charge in [0.2, 0.25) is 5.91 Å². The lowest BCUT2D eigenvalue weighted by Gasteiger charge is -2.22. The molecule has 0 bridgehead atoms. The van der Waals surface area contributed by atoms with Crippen LogP contribution in [0.5, 0.6) is 0 Å². The summed E-state index contributed by atoms with van der Waals surface area (Å²) < 4.78 is 5.78. The number of carbonyl (C=O) groups is 1. The zero-order valence-corrected chi connectivity index (χ0v) is 12.7. The van der Waals surface area contributed by atoms with E-state index in [4.69, 9.17) is 4.74 Å². The van der Waals surface area contributed by atoms with Gasteiger partial charge in [-0.1, -0.05) is 30.3 Å². The number of H-pyrrole nitrogens is 1. The van der Waals surface area contributed by atoms with Gasteiger partial charge < -0.3 is 10.1 Å². The summed E-state index contributed by atoms with van der Waals surface area (Å²) in [6, 6.07) is 9.89. The number of carbonyl (C=O) groups excluding carboxylic acids is 1. The van der Waals surface area contributed by atoms with Crippen molar-refractivity contribution in [2.24, 2.45) is 0 Å². The molecule has 5 nitrogen and oxygen atoms in total. The van der Waals surface area contributed by atoms with E-state index in [2.05, 4.69) is 15.5 Å². The number of amides is 1. The molecule has 22 heavy (non-hydrogen) atoms. The van der Waals surface area contributed by atoms with Crippen molar-refractivity contribution in [1.82, 2.24) is 15.5 Å². The summed E-state index contributed by atoms with van der Waals surface area (Å²) in [5, 5.41) is 10.0. The minimum Gasteiger partial charge on any atom is -0.362 e. The molecule has 5 heteroatoms. The Balaban J connectivity index is 1.51. The first-order valence-electron chi connectivity index (χ1n) is 7.72. The molecule has 3 rings (SSSR count). The highest BCUT2D eigenvalue weighted by molar-refractivity contribution is 5.77. The van der Waals surface area contributed by atoms with Crippen LogP contribution in [0.2, 0.25) is 0 Å². The van der Waals surface area contributed by atoms with Gasteiger partial charge in [0.25, 0.3) is 0 Å². The van der Waals surface area contributed by atoms with Crippen molar-refractivity contribution in [3.63, 3.8) is 0 Å². The van der Waals surface area contributed by atoms with Crippen molar-refractivity contribution in [2.45, 2.75) is 38.3 Å². The van der Waals surface area contributed by atoms with Gasteiger partial charge >= 0.3 is 0 Å². The molecular formula is C17H21N3O2. The molecule has 1 aliphatic carbocycles. The second-order valence-electron chi connectivity index (χ2n) is 5.70. The molecule has 2 atom stereocenters. The molecule has 2 aromatic rings. The fourth-order valence-corrected chi connectivity index (χ4v) is 2.87. The number of nitrogens with zero attached hydrogens (tertiary/aromatic N) is 1. The first-order chi connectivity index (χ1) is 10.7. The van der Waals surface area contributed by atoms with Crippen LogP contribution in [0.1, 0.15) is 48.7 Å². The fourth-order valence-electron chi connectivity index (χ4n) is 2.87. The summed E-state index contributed by atoms with van der Waals surface area (Å²) in [6.07, 6.45) is 4.82. The summed E-state index contributed by atoms with van der Waals surface area (Å²) >= 11 is 0. The highest BCUT2D eigenvalue weighted by atomic mass is 16.5. The lowest BCUT2D eigenvalue weighted by Crippen LogP contribution is -2.31. The Labute approximate surface area is 130 Å². The first-order valence-corrected chi connectivity index (χ1v) is 7.72. The highest BCUT2D eigenvalue weighted by Gasteiger charge is 2.23. The SMILES string of the molecule is CC(NC(=O)COC1CCCc2cn[nH]c21)c1ccccc1. The van der Waals surface area contributed by atoms with Crippen LogP contribution in [0.4, 0.5) is 0 Å². The van der Waals surface area contributed by atoms with E-state index in [1.807, 2.05) is 43.5 Å². The Hall–Kier alpha value is -2.14. The Morgan fingerprint density at radius 1 is 1.45 bits per heavy atom. The van der Waals surface area contributed by atoms with Crippen molar-refractivity contribution in [3.05, 3.63) is 53.3 Å². The Bertz CT molecular complexity index is 624. The molecule has 1 aromatic carbocycles. The molecule has 2 unspecified atom stereocenters. The smallest absolute Gasteiger partial charge is 0.246 e. The summed E-state index contributed by atoms with van der Waals surface area (Å²) in [6.45, 7) is 2.04. The van der Waals surface area contributed by atoms with E-state index in [1.54, 1.807) is 0 Å². The van der Waals surface area contributed by atoms with E-state index < -0.39 is 0 Å². The Morgan fingerprint density at radius 2 is 2.27 bits per heavy atom. The van der Waals surface area contributed by atoms with E-state index in [0.717, 1.165) is 30.5 Å². The second-order valence-corrected chi connectivity index (χ2v) is 5.70. The second kappa shape index (κ2) is 6.75. The van der Waals surface area contributed by atoms with Gasteiger partial charge in [-0.2, -0.15) is 5.10 Å². The minimum atomic E-state index is -0.0945. The summed E-state index contributed by atoms with van der Waals surface area (Å²) in [5.74, 6) is -0.0945. The zero-order valence-electron chi connectivity index (χ0n) is 12.7. The third-order valence-corrected chi connectivity index (χ3v) is 4.08. The van der Waals surface area contributed by atoms with E-state index in [0.29, 0.717) is 0 Å². The van der Waals surface area contributed by atoms with Crippen LogP contribution in [-0.4, -0.2) is 22.7 Å². The summed E-state index contributed by atoms with van der Waals surface area (Å²) in [4.78, 5) is 12.1. The van der Waals surface area contributed by atoms with Crippen LogP contribution in [0, 0.1) is 0 Å². The average Bonchev–Trinajstić information content (AvgIpc) is 3.03. The number of fused-ring (bicyclic) bond motifs is 1. The van der Waals surface area contributed by atoms with Gasteiger partial charge in [0.1, 0.15) is 6.61 Å².